The number of imidazole rings is 1. The molecule has 12 heavy (non-hydrogen) atoms. The normalized spacial score (nSPS) is 10.0. The van der Waals surface area contributed by atoms with Crippen LogP contribution in [0, 0.1) is 0 Å². The number of anilines is 1. The molecule has 2 aromatic heterocycles. The van der Waals surface area contributed by atoms with Gasteiger partial charge in [-0.25, -0.2) is 4.98 Å². The van der Waals surface area contributed by atoms with Crippen molar-refractivity contribution in [2.75, 3.05) is 5.73 Å². The lowest BCUT2D eigenvalue weighted by Gasteiger charge is -1.97. The van der Waals surface area contributed by atoms with Crippen LogP contribution in [-0.2, 0) is 0 Å². The molecule has 2 heterocycles. The minimum Gasteiger partial charge on any atom is -0.382 e. The van der Waals surface area contributed by atoms with Gasteiger partial charge in [0, 0.05) is 6.20 Å². The van der Waals surface area contributed by atoms with Crippen LogP contribution in [0.5, 0.6) is 0 Å². The van der Waals surface area contributed by atoms with Gasteiger partial charge in [-0.05, 0) is 12.1 Å². The smallest absolute Gasteiger partial charge is 0.141 e. The Morgan fingerprint density at radius 1 is 1.42 bits per heavy atom. The standard InChI is InChI=1S/C8H8N4/c9-8-5-12(6-11-8)7-2-1-3-10-4-7/h1-6H,9H2. The topological polar surface area (TPSA) is 56.7 Å². The highest BCUT2D eigenvalue weighted by Crippen LogP contribution is 2.06. The first-order valence-electron chi connectivity index (χ1n) is 3.56. The van der Waals surface area contributed by atoms with Crippen LogP contribution in [-0.4, -0.2) is 14.5 Å². The largest absolute Gasteiger partial charge is 0.382 e. The summed E-state index contributed by atoms with van der Waals surface area (Å²) in [5.74, 6) is 0.513. The van der Waals surface area contributed by atoms with Crippen molar-refractivity contribution in [3.8, 4) is 5.69 Å². The number of hydrogen-bond donors (Lipinski definition) is 1. The number of aromatic nitrogens is 3. The Kier molecular flexibility index (Phi) is 1.51. The van der Waals surface area contributed by atoms with E-state index in [1.165, 1.54) is 0 Å². The molecule has 0 spiro atoms. The van der Waals surface area contributed by atoms with Crippen molar-refractivity contribution in [2.45, 2.75) is 0 Å². The number of nitrogens with two attached hydrogens (primary N) is 1. The van der Waals surface area contributed by atoms with Gasteiger partial charge in [-0.2, -0.15) is 0 Å². The average molecular weight is 160 g/mol. The lowest BCUT2D eigenvalue weighted by Crippen LogP contribution is -1.89. The molecule has 2 N–H and O–H groups in total. The van der Waals surface area contributed by atoms with Crippen molar-refractivity contribution in [3.63, 3.8) is 0 Å². The van der Waals surface area contributed by atoms with Crippen LogP contribution in [0.1, 0.15) is 0 Å². The fourth-order valence-corrected chi connectivity index (χ4v) is 0.986. The Balaban J connectivity index is 2.45. The molecule has 0 bridgehead atoms. The van der Waals surface area contributed by atoms with Gasteiger partial charge in [-0.1, -0.05) is 0 Å². The second-order valence-electron chi connectivity index (χ2n) is 2.42. The summed E-state index contributed by atoms with van der Waals surface area (Å²) in [4.78, 5) is 7.89. The lowest BCUT2D eigenvalue weighted by molar-refractivity contribution is 1.04. The maximum Gasteiger partial charge on any atom is 0.141 e. The van der Waals surface area contributed by atoms with Crippen LogP contribution >= 0.6 is 0 Å². The van der Waals surface area contributed by atoms with E-state index in [0.29, 0.717) is 5.82 Å². The Hall–Kier alpha value is -1.84. The van der Waals surface area contributed by atoms with E-state index in [9.17, 15) is 0 Å². The van der Waals surface area contributed by atoms with Crippen molar-refractivity contribution >= 4 is 5.82 Å². The molecule has 4 heteroatoms. The van der Waals surface area contributed by atoms with Crippen LogP contribution in [0.15, 0.2) is 37.1 Å². The predicted octanol–water partition coefficient (Wildman–Crippen LogP) is 0.850. The van der Waals surface area contributed by atoms with Crippen LogP contribution in [0.25, 0.3) is 5.69 Å². The minimum atomic E-state index is 0.513. The van der Waals surface area contributed by atoms with E-state index >= 15 is 0 Å². The molecule has 0 aliphatic heterocycles. The molecule has 0 radical (unpaired) electrons. The quantitative estimate of drug-likeness (QED) is 0.672. The van der Waals surface area contributed by atoms with E-state index < -0.39 is 0 Å². The zero-order valence-corrected chi connectivity index (χ0v) is 6.38. The van der Waals surface area contributed by atoms with Gasteiger partial charge in [-0.3, -0.25) is 4.98 Å². The minimum absolute atomic E-state index is 0.513. The van der Waals surface area contributed by atoms with E-state index in [1.807, 2.05) is 16.7 Å². The second kappa shape index (κ2) is 2.65. The molecule has 0 aliphatic carbocycles. The van der Waals surface area contributed by atoms with Crippen molar-refractivity contribution in [2.24, 2.45) is 0 Å². The molecule has 60 valence electrons. The molecule has 0 saturated carbocycles. The number of hydrogen-bond acceptors (Lipinski definition) is 3. The first-order chi connectivity index (χ1) is 5.86. The molecule has 2 aromatic rings. The van der Waals surface area contributed by atoms with Gasteiger partial charge in [0.1, 0.15) is 12.1 Å². The van der Waals surface area contributed by atoms with Gasteiger partial charge in [0.2, 0.25) is 0 Å². The van der Waals surface area contributed by atoms with E-state index in [-0.39, 0.29) is 0 Å². The Labute approximate surface area is 69.7 Å². The predicted molar refractivity (Wildman–Crippen MR) is 45.8 cm³/mol. The maximum absolute atomic E-state index is 5.46. The highest BCUT2D eigenvalue weighted by Gasteiger charge is 1.95. The zero-order chi connectivity index (χ0) is 8.39. The van der Waals surface area contributed by atoms with E-state index in [2.05, 4.69) is 9.97 Å². The molecule has 0 fully saturated rings. The molecule has 0 atom stereocenters. The van der Waals surface area contributed by atoms with Gasteiger partial charge in [0.25, 0.3) is 0 Å². The number of nitrogens with zero attached hydrogens (tertiary/aromatic N) is 3. The number of rotatable bonds is 1. The van der Waals surface area contributed by atoms with Gasteiger partial charge in [-0.15, -0.1) is 0 Å². The summed E-state index contributed by atoms with van der Waals surface area (Å²) in [6.45, 7) is 0. The molecule has 0 aliphatic rings. The molecule has 0 saturated heterocycles. The van der Waals surface area contributed by atoms with Crippen LogP contribution in [0.4, 0.5) is 5.82 Å². The molecule has 0 aromatic carbocycles. The Morgan fingerprint density at radius 2 is 2.33 bits per heavy atom. The third-order valence-corrected chi connectivity index (χ3v) is 1.55. The van der Waals surface area contributed by atoms with Gasteiger partial charge < -0.3 is 10.3 Å². The number of nitrogen functional groups attached to an aromatic ring is 1. The van der Waals surface area contributed by atoms with Crippen molar-refractivity contribution in [3.05, 3.63) is 37.1 Å². The van der Waals surface area contributed by atoms with Crippen LogP contribution in [0.3, 0.4) is 0 Å². The summed E-state index contributed by atoms with van der Waals surface area (Å²) in [7, 11) is 0. The van der Waals surface area contributed by atoms with Crippen LogP contribution < -0.4 is 5.73 Å². The Morgan fingerprint density at radius 3 is 2.92 bits per heavy atom. The lowest BCUT2D eigenvalue weighted by atomic mass is 10.4. The summed E-state index contributed by atoms with van der Waals surface area (Å²) < 4.78 is 1.82. The monoisotopic (exact) mass is 160 g/mol. The first kappa shape index (κ1) is 6.84. The first-order valence-corrected chi connectivity index (χ1v) is 3.56. The second-order valence-corrected chi connectivity index (χ2v) is 2.42. The fourth-order valence-electron chi connectivity index (χ4n) is 0.986. The van der Waals surface area contributed by atoms with Crippen LogP contribution in [0.2, 0.25) is 0 Å². The SMILES string of the molecule is Nc1cn(-c2cccnc2)cn1. The van der Waals surface area contributed by atoms with Crippen molar-refractivity contribution in [1.82, 2.24) is 14.5 Å². The third kappa shape index (κ3) is 1.14. The van der Waals surface area contributed by atoms with E-state index in [0.717, 1.165) is 5.69 Å². The molecule has 0 amide bonds. The summed E-state index contributed by atoms with van der Waals surface area (Å²) in [6.07, 6.45) is 6.88. The Bertz CT molecular complexity index is 366. The van der Waals surface area contributed by atoms with Gasteiger partial charge in [0.15, 0.2) is 0 Å². The fraction of sp³-hybridized carbons (Fsp3) is 0. The van der Waals surface area contributed by atoms with E-state index in [1.54, 1.807) is 24.9 Å². The molecule has 4 nitrogen and oxygen atoms in total. The van der Waals surface area contributed by atoms with E-state index in [4.69, 9.17) is 5.73 Å². The highest BCUT2D eigenvalue weighted by atomic mass is 15.1. The maximum atomic E-state index is 5.46. The van der Waals surface area contributed by atoms with Gasteiger partial charge in [0.05, 0.1) is 18.1 Å². The average Bonchev–Trinajstić information content (AvgIpc) is 2.54. The zero-order valence-electron chi connectivity index (χ0n) is 6.38. The molecular weight excluding hydrogens is 152 g/mol. The molecule has 0 unspecified atom stereocenters. The molecule has 2 rings (SSSR count). The molecular formula is C8H8N4. The highest BCUT2D eigenvalue weighted by molar-refractivity contribution is 5.33. The summed E-state index contributed by atoms with van der Waals surface area (Å²) in [5, 5.41) is 0. The van der Waals surface area contributed by atoms with Crippen molar-refractivity contribution in [1.29, 1.82) is 0 Å². The van der Waals surface area contributed by atoms with Gasteiger partial charge >= 0.3 is 0 Å². The summed E-state index contributed by atoms with van der Waals surface area (Å²) >= 11 is 0. The third-order valence-electron chi connectivity index (χ3n) is 1.55. The van der Waals surface area contributed by atoms with Crippen molar-refractivity contribution < 1.29 is 0 Å². The summed E-state index contributed by atoms with van der Waals surface area (Å²) in [5.41, 5.74) is 6.42. The number of pyridine rings is 1. The summed E-state index contributed by atoms with van der Waals surface area (Å²) in [6, 6.07) is 3.81.